The van der Waals surface area contributed by atoms with Crippen LogP contribution in [0.3, 0.4) is 0 Å². The monoisotopic (exact) mass is 188 g/mol. The van der Waals surface area contributed by atoms with E-state index in [0.29, 0.717) is 0 Å². The Morgan fingerprint density at radius 1 is 1.21 bits per heavy atom. The van der Waals surface area contributed by atoms with Crippen LogP contribution in [0.15, 0.2) is 48.1 Å². The Balaban J connectivity index is 2.74. The Morgan fingerprint density at radius 3 is 2.43 bits per heavy atom. The summed E-state index contributed by atoms with van der Waals surface area (Å²) in [5, 5.41) is 8.41. The minimum Gasteiger partial charge on any atom is -0.478 e. The summed E-state index contributed by atoms with van der Waals surface area (Å²) in [5.74, 6) is -0.925. The maximum absolute atomic E-state index is 10.2. The molecule has 0 radical (unpaired) electrons. The number of carbonyl (C=O) groups is 1. The minimum atomic E-state index is -0.925. The molecule has 0 saturated carbocycles. The van der Waals surface area contributed by atoms with Gasteiger partial charge in [0.1, 0.15) is 0 Å². The fourth-order valence-corrected chi connectivity index (χ4v) is 1.06. The Labute approximate surface area is 83.2 Å². The molecule has 1 rings (SSSR count). The van der Waals surface area contributed by atoms with Gasteiger partial charge in [0.2, 0.25) is 0 Å². The molecule has 0 atom stereocenters. The molecule has 14 heavy (non-hydrogen) atoms. The summed E-state index contributed by atoms with van der Waals surface area (Å²) in [4.78, 5) is 10.2. The van der Waals surface area contributed by atoms with Crippen molar-refractivity contribution in [3.63, 3.8) is 0 Å². The standard InChI is InChI=1S/C12H12O2/c1-10(7-8-12(13)14)9-11-5-3-2-4-6-11/h2-9H,1H3,(H,13,14)/b8-7+,10-9+. The summed E-state index contributed by atoms with van der Waals surface area (Å²) in [5.41, 5.74) is 1.98. The van der Waals surface area contributed by atoms with Crippen LogP contribution in [0, 0.1) is 0 Å². The molecule has 0 aliphatic carbocycles. The van der Waals surface area contributed by atoms with Crippen molar-refractivity contribution in [1.29, 1.82) is 0 Å². The van der Waals surface area contributed by atoms with Crippen molar-refractivity contribution in [3.05, 3.63) is 53.6 Å². The maximum Gasteiger partial charge on any atom is 0.328 e. The van der Waals surface area contributed by atoms with Gasteiger partial charge in [0, 0.05) is 6.08 Å². The van der Waals surface area contributed by atoms with Crippen LogP contribution < -0.4 is 0 Å². The highest BCUT2D eigenvalue weighted by Crippen LogP contribution is 2.06. The summed E-state index contributed by atoms with van der Waals surface area (Å²) in [7, 11) is 0. The van der Waals surface area contributed by atoms with Gasteiger partial charge >= 0.3 is 5.97 Å². The van der Waals surface area contributed by atoms with Crippen molar-refractivity contribution in [1.82, 2.24) is 0 Å². The summed E-state index contributed by atoms with van der Waals surface area (Å²) in [6, 6.07) is 9.77. The van der Waals surface area contributed by atoms with Gasteiger partial charge in [-0.2, -0.15) is 0 Å². The van der Waals surface area contributed by atoms with Crippen molar-refractivity contribution in [3.8, 4) is 0 Å². The van der Waals surface area contributed by atoms with Gasteiger partial charge in [-0.25, -0.2) is 4.79 Å². The first-order chi connectivity index (χ1) is 6.68. The largest absolute Gasteiger partial charge is 0.478 e. The highest BCUT2D eigenvalue weighted by atomic mass is 16.4. The first-order valence-corrected chi connectivity index (χ1v) is 4.33. The maximum atomic E-state index is 10.2. The van der Waals surface area contributed by atoms with Gasteiger partial charge in [0.15, 0.2) is 0 Å². The van der Waals surface area contributed by atoms with Gasteiger partial charge < -0.3 is 5.11 Å². The van der Waals surface area contributed by atoms with Crippen molar-refractivity contribution >= 4 is 12.0 Å². The van der Waals surface area contributed by atoms with Gasteiger partial charge in [-0.05, 0) is 12.5 Å². The number of carboxylic acids is 1. The van der Waals surface area contributed by atoms with E-state index in [1.165, 1.54) is 0 Å². The van der Waals surface area contributed by atoms with Gasteiger partial charge in [-0.3, -0.25) is 0 Å². The molecule has 0 heterocycles. The predicted octanol–water partition coefficient (Wildman–Crippen LogP) is 2.73. The van der Waals surface area contributed by atoms with Crippen molar-refractivity contribution in [2.45, 2.75) is 6.92 Å². The molecule has 0 unspecified atom stereocenters. The molecular weight excluding hydrogens is 176 g/mol. The number of hydrogen-bond acceptors (Lipinski definition) is 1. The molecule has 0 amide bonds. The fourth-order valence-electron chi connectivity index (χ4n) is 1.06. The smallest absolute Gasteiger partial charge is 0.328 e. The first-order valence-electron chi connectivity index (χ1n) is 4.33. The number of carboxylic acid groups (broad SMARTS) is 1. The number of rotatable bonds is 3. The number of benzene rings is 1. The molecule has 1 N–H and O–H groups in total. The second-order valence-corrected chi connectivity index (χ2v) is 2.97. The summed E-state index contributed by atoms with van der Waals surface area (Å²) in [6.45, 7) is 1.87. The molecule has 0 saturated heterocycles. The van der Waals surface area contributed by atoms with E-state index < -0.39 is 5.97 Å². The Hall–Kier alpha value is -1.83. The average molecular weight is 188 g/mol. The lowest BCUT2D eigenvalue weighted by Gasteiger charge is -1.93. The SMILES string of the molecule is CC(/C=C/C(=O)O)=C\c1ccccc1. The molecule has 0 fully saturated rings. The van der Waals surface area contributed by atoms with E-state index in [9.17, 15) is 4.79 Å². The highest BCUT2D eigenvalue weighted by molar-refractivity contribution is 5.80. The molecule has 2 heteroatoms. The van der Waals surface area contributed by atoms with E-state index in [1.54, 1.807) is 6.08 Å². The van der Waals surface area contributed by atoms with Crippen LogP contribution in [0.4, 0.5) is 0 Å². The van der Waals surface area contributed by atoms with E-state index in [-0.39, 0.29) is 0 Å². The van der Waals surface area contributed by atoms with Crippen LogP contribution in [0.5, 0.6) is 0 Å². The lowest BCUT2D eigenvalue weighted by molar-refractivity contribution is -0.131. The molecular formula is C12H12O2. The second-order valence-electron chi connectivity index (χ2n) is 2.97. The van der Waals surface area contributed by atoms with E-state index in [2.05, 4.69) is 0 Å². The summed E-state index contributed by atoms with van der Waals surface area (Å²) < 4.78 is 0. The van der Waals surface area contributed by atoms with Crippen LogP contribution in [0.1, 0.15) is 12.5 Å². The third-order valence-electron chi connectivity index (χ3n) is 1.68. The van der Waals surface area contributed by atoms with Gasteiger partial charge in [0.05, 0.1) is 0 Å². The van der Waals surface area contributed by atoms with Crippen LogP contribution in [-0.2, 0) is 4.79 Å². The third-order valence-corrected chi connectivity index (χ3v) is 1.68. The van der Waals surface area contributed by atoms with E-state index in [4.69, 9.17) is 5.11 Å². The predicted molar refractivity (Wildman–Crippen MR) is 56.9 cm³/mol. The van der Waals surface area contributed by atoms with Gasteiger partial charge in [-0.15, -0.1) is 0 Å². The fraction of sp³-hybridized carbons (Fsp3) is 0.0833. The summed E-state index contributed by atoms with van der Waals surface area (Å²) in [6.07, 6.45) is 4.64. The average Bonchev–Trinajstić information content (AvgIpc) is 2.16. The van der Waals surface area contributed by atoms with E-state index in [0.717, 1.165) is 17.2 Å². The van der Waals surface area contributed by atoms with Crippen molar-refractivity contribution in [2.24, 2.45) is 0 Å². The van der Waals surface area contributed by atoms with Gasteiger partial charge in [0.25, 0.3) is 0 Å². The molecule has 72 valence electrons. The molecule has 2 nitrogen and oxygen atoms in total. The molecule has 0 aromatic heterocycles. The molecule has 1 aromatic carbocycles. The van der Waals surface area contributed by atoms with Crippen LogP contribution in [0.25, 0.3) is 6.08 Å². The van der Waals surface area contributed by atoms with Crippen molar-refractivity contribution < 1.29 is 9.90 Å². The van der Waals surface area contributed by atoms with Crippen LogP contribution in [-0.4, -0.2) is 11.1 Å². The summed E-state index contributed by atoms with van der Waals surface area (Å²) >= 11 is 0. The lowest BCUT2D eigenvalue weighted by Crippen LogP contribution is -1.85. The zero-order valence-corrected chi connectivity index (χ0v) is 7.97. The Morgan fingerprint density at radius 2 is 1.86 bits per heavy atom. The van der Waals surface area contributed by atoms with Crippen molar-refractivity contribution in [2.75, 3.05) is 0 Å². The Bertz CT molecular complexity index is 361. The normalized spacial score (nSPS) is 11.9. The minimum absolute atomic E-state index is 0.915. The second kappa shape index (κ2) is 5.02. The highest BCUT2D eigenvalue weighted by Gasteiger charge is 1.88. The van der Waals surface area contributed by atoms with Crippen LogP contribution >= 0.6 is 0 Å². The van der Waals surface area contributed by atoms with Gasteiger partial charge in [-0.1, -0.05) is 48.1 Å². The number of aliphatic carboxylic acids is 1. The number of allylic oxidation sites excluding steroid dienone is 2. The molecule has 0 bridgehead atoms. The molecule has 0 spiro atoms. The number of hydrogen-bond donors (Lipinski definition) is 1. The lowest BCUT2D eigenvalue weighted by atomic mass is 10.1. The van der Waals surface area contributed by atoms with E-state index in [1.807, 2.05) is 43.3 Å². The molecule has 1 aromatic rings. The molecule has 0 aliphatic rings. The van der Waals surface area contributed by atoms with Crippen LogP contribution in [0.2, 0.25) is 0 Å². The molecule has 0 aliphatic heterocycles. The topological polar surface area (TPSA) is 37.3 Å². The Kier molecular flexibility index (Phi) is 3.68. The third kappa shape index (κ3) is 3.72. The van der Waals surface area contributed by atoms with E-state index >= 15 is 0 Å². The first kappa shape index (κ1) is 10.3. The zero-order valence-electron chi connectivity index (χ0n) is 7.97. The quantitative estimate of drug-likeness (QED) is 0.585. The zero-order chi connectivity index (χ0) is 10.4.